The third-order valence-corrected chi connectivity index (χ3v) is 3.88. The SMILES string of the molecule is NC(=O)c1cnc(NC(=O)C2CC2(Cl)Cl)s1. The summed E-state index contributed by atoms with van der Waals surface area (Å²) in [5.41, 5.74) is 5.05. The van der Waals surface area contributed by atoms with Crippen molar-refractivity contribution in [3.8, 4) is 0 Å². The number of alkyl halides is 2. The highest BCUT2D eigenvalue weighted by Crippen LogP contribution is 2.53. The zero-order valence-corrected chi connectivity index (χ0v) is 10.2. The molecule has 1 aromatic heterocycles. The number of halogens is 2. The number of nitrogens with two attached hydrogens (primary N) is 1. The molecule has 1 unspecified atom stereocenters. The third-order valence-electron chi connectivity index (χ3n) is 2.12. The van der Waals surface area contributed by atoms with Gasteiger partial charge in [-0.2, -0.15) is 0 Å². The summed E-state index contributed by atoms with van der Waals surface area (Å²) in [4.78, 5) is 26.4. The minimum Gasteiger partial charge on any atom is -0.365 e. The molecule has 1 fully saturated rings. The number of nitrogens with zero attached hydrogens (tertiary/aromatic N) is 1. The molecule has 1 aliphatic rings. The van der Waals surface area contributed by atoms with Crippen LogP contribution in [0.4, 0.5) is 5.13 Å². The van der Waals surface area contributed by atoms with Crippen molar-refractivity contribution in [1.29, 1.82) is 0 Å². The fourth-order valence-electron chi connectivity index (χ4n) is 1.14. The number of hydrogen-bond acceptors (Lipinski definition) is 4. The molecular formula is C8H7Cl2N3O2S. The Morgan fingerprint density at radius 3 is 2.69 bits per heavy atom. The van der Waals surface area contributed by atoms with Crippen LogP contribution in [-0.2, 0) is 4.79 Å². The Labute approximate surface area is 105 Å². The van der Waals surface area contributed by atoms with E-state index in [4.69, 9.17) is 28.9 Å². The molecule has 8 heteroatoms. The van der Waals surface area contributed by atoms with Gasteiger partial charge < -0.3 is 11.1 Å². The molecule has 5 nitrogen and oxygen atoms in total. The highest BCUT2D eigenvalue weighted by Gasteiger charge is 2.56. The summed E-state index contributed by atoms with van der Waals surface area (Å²) in [5, 5.41) is 2.84. The molecule has 1 aromatic rings. The maximum absolute atomic E-state index is 11.5. The molecule has 2 rings (SSSR count). The van der Waals surface area contributed by atoms with E-state index in [9.17, 15) is 9.59 Å². The van der Waals surface area contributed by atoms with Crippen molar-refractivity contribution in [2.24, 2.45) is 11.7 Å². The summed E-state index contributed by atoms with van der Waals surface area (Å²) in [6.07, 6.45) is 1.74. The van der Waals surface area contributed by atoms with Crippen LogP contribution in [0, 0.1) is 5.92 Å². The Balaban J connectivity index is 1.99. The number of carbonyl (C=O) groups excluding carboxylic acids is 2. The number of hydrogen-bond donors (Lipinski definition) is 2. The summed E-state index contributed by atoms with van der Waals surface area (Å²) >= 11 is 12.5. The zero-order chi connectivity index (χ0) is 11.9. The quantitative estimate of drug-likeness (QED) is 0.820. The fourth-order valence-corrected chi connectivity index (χ4v) is 2.31. The average Bonchev–Trinajstić information content (AvgIpc) is 2.62. The van der Waals surface area contributed by atoms with Crippen LogP contribution in [0.15, 0.2) is 6.20 Å². The van der Waals surface area contributed by atoms with Gasteiger partial charge in [0.1, 0.15) is 9.21 Å². The molecule has 0 aromatic carbocycles. The van der Waals surface area contributed by atoms with Gasteiger partial charge in [-0.05, 0) is 6.42 Å². The first-order valence-corrected chi connectivity index (χ1v) is 5.92. The number of nitrogens with one attached hydrogen (secondary N) is 1. The Bertz CT molecular complexity index is 460. The highest BCUT2D eigenvalue weighted by atomic mass is 35.5. The van der Waals surface area contributed by atoms with Crippen LogP contribution >= 0.6 is 34.5 Å². The lowest BCUT2D eigenvalue weighted by atomic mass is 10.4. The van der Waals surface area contributed by atoms with Crippen LogP contribution in [0.1, 0.15) is 16.1 Å². The minimum absolute atomic E-state index is 0.286. The first-order chi connectivity index (χ1) is 7.40. The highest BCUT2D eigenvalue weighted by molar-refractivity contribution is 7.17. The lowest BCUT2D eigenvalue weighted by Gasteiger charge is -2.00. The van der Waals surface area contributed by atoms with E-state index < -0.39 is 16.2 Å². The third kappa shape index (κ3) is 2.28. The van der Waals surface area contributed by atoms with Gasteiger partial charge in [-0.1, -0.05) is 11.3 Å². The normalized spacial score (nSPS) is 21.5. The van der Waals surface area contributed by atoms with Crippen molar-refractivity contribution < 1.29 is 9.59 Å². The molecule has 1 aliphatic carbocycles. The second-order valence-electron chi connectivity index (χ2n) is 3.40. The predicted octanol–water partition coefficient (Wildman–Crippen LogP) is 1.37. The molecule has 0 aliphatic heterocycles. The Kier molecular flexibility index (Phi) is 2.81. The number of carbonyl (C=O) groups is 2. The second kappa shape index (κ2) is 3.87. The lowest BCUT2D eigenvalue weighted by molar-refractivity contribution is -0.117. The van der Waals surface area contributed by atoms with Crippen LogP contribution in [0.2, 0.25) is 0 Å². The standard InChI is InChI=1S/C8H7Cl2N3O2S/c9-8(10)1-3(8)6(15)13-7-12-2-4(16-7)5(11)14/h2-3H,1H2,(H2,11,14)(H,12,13,15). The van der Waals surface area contributed by atoms with Gasteiger partial charge in [-0.15, -0.1) is 23.2 Å². The number of amides is 2. The topological polar surface area (TPSA) is 85.1 Å². The van der Waals surface area contributed by atoms with E-state index in [2.05, 4.69) is 10.3 Å². The molecule has 0 spiro atoms. The van der Waals surface area contributed by atoms with E-state index in [1.807, 2.05) is 0 Å². The molecule has 0 radical (unpaired) electrons. The molecule has 3 N–H and O–H groups in total. The van der Waals surface area contributed by atoms with E-state index in [1.54, 1.807) is 0 Å². The number of rotatable bonds is 3. The monoisotopic (exact) mass is 279 g/mol. The van der Waals surface area contributed by atoms with Crippen molar-refractivity contribution in [3.63, 3.8) is 0 Å². The smallest absolute Gasteiger partial charge is 0.260 e. The summed E-state index contributed by atoms with van der Waals surface area (Å²) < 4.78 is -0.964. The molecule has 1 atom stereocenters. The minimum atomic E-state index is -0.964. The van der Waals surface area contributed by atoms with Crippen molar-refractivity contribution >= 4 is 51.5 Å². The molecule has 16 heavy (non-hydrogen) atoms. The molecule has 86 valence electrons. The summed E-state index contributed by atoms with van der Waals surface area (Å²) in [6, 6.07) is 0. The van der Waals surface area contributed by atoms with Crippen molar-refractivity contribution in [1.82, 2.24) is 4.98 Å². The van der Waals surface area contributed by atoms with Gasteiger partial charge in [-0.25, -0.2) is 4.98 Å². The van der Waals surface area contributed by atoms with E-state index in [0.29, 0.717) is 11.6 Å². The maximum Gasteiger partial charge on any atom is 0.260 e. The number of anilines is 1. The van der Waals surface area contributed by atoms with E-state index >= 15 is 0 Å². The first kappa shape index (κ1) is 11.6. The molecule has 0 bridgehead atoms. The first-order valence-electron chi connectivity index (χ1n) is 4.34. The molecule has 1 heterocycles. The molecule has 0 saturated heterocycles. The van der Waals surface area contributed by atoms with Crippen LogP contribution in [0.25, 0.3) is 0 Å². The largest absolute Gasteiger partial charge is 0.365 e. The van der Waals surface area contributed by atoms with Gasteiger partial charge in [0.2, 0.25) is 5.91 Å². The Hall–Kier alpha value is -0.850. The van der Waals surface area contributed by atoms with Gasteiger partial charge in [0.15, 0.2) is 5.13 Å². The van der Waals surface area contributed by atoms with Crippen LogP contribution in [-0.4, -0.2) is 21.1 Å². The van der Waals surface area contributed by atoms with Crippen molar-refractivity contribution in [2.45, 2.75) is 10.8 Å². The predicted molar refractivity (Wildman–Crippen MR) is 61.8 cm³/mol. The maximum atomic E-state index is 11.5. The number of thiazole rings is 1. The van der Waals surface area contributed by atoms with Crippen LogP contribution in [0.5, 0.6) is 0 Å². The van der Waals surface area contributed by atoms with Crippen molar-refractivity contribution in [3.05, 3.63) is 11.1 Å². The number of aromatic nitrogens is 1. The number of primary amides is 1. The fraction of sp³-hybridized carbons (Fsp3) is 0.375. The van der Waals surface area contributed by atoms with Crippen LogP contribution < -0.4 is 11.1 Å². The van der Waals surface area contributed by atoms with Gasteiger partial charge in [0.25, 0.3) is 5.91 Å². The average molecular weight is 280 g/mol. The molecule has 1 saturated carbocycles. The summed E-state index contributed by atoms with van der Waals surface area (Å²) in [7, 11) is 0. The van der Waals surface area contributed by atoms with Gasteiger partial charge in [-0.3, -0.25) is 9.59 Å². The van der Waals surface area contributed by atoms with Gasteiger partial charge in [0.05, 0.1) is 12.1 Å². The summed E-state index contributed by atoms with van der Waals surface area (Å²) in [5.74, 6) is -1.29. The Morgan fingerprint density at radius 1 is 1.62 bits per heavy atom. The van der Waals surface area contributed by atoms with E-state index in [0.717, 1.165) is 11.3 Å². The van der Waals surface area contributed by atoms with Gasteiger partial charge >= 0.3 is 0 Å². The second-order valence-corrected chi connectivity index (χ2v) is 5.97. The van der Waals surface area contributed by atoms with E-state index in [-0.39, 0.29) is 10.8 Å². The van der Waals surface area contributed by atoms with Gasteiger partial charge in [0, 0.05) is 0 Å². The van der Waals surface area contributed by atoms with E-state index in [1.165, 1.54) is 6.20 Å². The molecule has 2 amide bonds. The lowest BCUT2D eigenvalue weighted by Crippen LogP contribution is -2.16. The summed E-state index contributed by atoms with van der Waals surface area (Å²) in [6.45, 7) is 0. The molecular weight excluding hydrogens is 273 g/mol. The zero-order valence-electron chi connectivity index (χ0n) is 7.87. The van der Waals surface area contributed by atoms with Crippen LogP contribution in [0.3, 0.4) is 0 Å². The van der Waals surface area contributed by atoms with Crippen molar-refractivity contribution in [2.75, 3.05) is 5.32 Å². The Morgan fingerprint density at radius 2 is 2.25 bits per heavy atom.